The number of rotatable bonds is 7. The topological polar surface area (TPSA) is 61.9 Å². The van der Waals surface area contributed by atoms with Crippen LogP contribution in [0.15, 0.2) is 35.7 Å². The normalized spacial score (nSPS) is 15.8. The Morgan fingerprint density at radius 2 is 1.94 bits per heavy atom. The van der Waals surface area contributed by atoms with E-state index < -0.39 is 5.54 Å². The van der Waals surface area contributed by atoms with E-state index in [4.69, 9.17) is 4.74 Å². The maximum atomic E-state index is 13.5. The van der Waals surface area contributed by atoms with E-state index in [0.29, 0.717) is 18.8 Å². The Bertz CT molecular complexity index is 953. The summed E-state index contributed by atoms with van der Waals surface area (Å²) in [4.78, 5) is 31.0. The minimum absolute atomic E-state index is 0.00656. The number of amides is 3. The summed E-state index contributed by atoms with van der Waals surface area (Å²) in [5.41, 5.74) is 0.689. The molecule has 0 spiro atoms. The minimum Gasteiger partial charge on any atom is -0.491 e. The minimum atomic E-state index is -0.391. The lowest BCUT2D eigenvalue weighted by molar-refractivity contribution is -0.135. The van der Waals surface area contributed by atoms with Gasteiger partial charge in [-0.1, -0.05) is 13.8 Å². The van der Waals surface area contributed by atoms with Gasteiger partial charge in [0, 0.05) is 23.5 Å². The zero-order valence-electron chi connectivity index (χ0n) is 20.1. The van der Waals surface area contributed by atoms with Crippen molar-refractivity contribution in [3.63, 3.8) is 0 Å². The average Bonchev–Trinajstić information content (AvgIpc) is 3.20. The van der Waals surface area contributed by atoms with Crippen molar-refractivity contribution in [3.8, 4) is 5.75 Å². The first-order valence-electron chi connectivity index (χ1n) is 11.3. The van der Waals surface area contributed by atoms with Gasteiger partial charge < -0.3 is 19.9 Å². The third-order valence-corrected chi connectivity index (χ3v) is 6.31. The average molecular weight is 476 g/mol. The summed E-state index contributed by atoms with van der Waals surface area (Å²) in [6.07, 6.45) is 0.782. The van der Waals surface area contributed by atoms with Crippen LogP contribution in [0.4, 0.5) is 9.18 Å². The Labute approximate surface area is 199 Å². The molecule has 1 aliphatic heterocycles. The molecule has 1 atom stereocenters. The summed E-state index contributed by atoms with van der Waals surface area (Å²) in [5.74, 6) is 0.350. The summed E-state index contributed by atoms with van der Waals surface area (Å²) in [6, 6.07) is 7.41. The Hall–Kier alpha value is -2.61. The van der Waals surface area contributed by atoms with Crippen molar-refractivity contribution in [2.45, 2.75) is 52.6 Å². The van der Waals surface area contributed by atoms with Crippen LogP contribution in [0, 0.1) is 11.7 Å². The van der Waals surface area contributed by atoms with Gasteiger partial charge in [0.05, 0.1) is 6.04 Å². The number of urea groups is 1. The molecule has 33 heavy (non-hydrogen) atoms. The van der Waals surface area contributed by atoms with Crippen LogP contribution in [0.2, 0.25) is 0 Å². The number of benzene rings is 1. The fourth-order valence-electron chi connectivity index (χ4n) is 3.89. The Kier molecular flexibility index (Phi) is 8.00. The second-order valence-corrected chi connectivity index (χ2v) is 10.9. The van der Waals surface area contributed by atoms with Crippen LogP contribution in [-0.4, -0.2) is 53.5 Å². The van der Waals surface area contributed by atoms with Crippen LogP contribution in [-0.2, 0) is 11.2 Å². The lowest BCUT2D eigenvalue weighted by Gasteiger charge is -2.37. The number of halogens is 1. The molecule has 1 aromatic heterocycles. The van der Waals surface area contributed by atoms with Gasteiger partial charge in [-0.15, -0.1) is 11.3 Å². The smallest absolute Gasteiger partial charge is 0.318 e. The lowest BCUT2D eigenvalue weighted by Crippen LogP contribution is -2.53. The molecule has 1 aliphatic rings. The lowest BCUT2D eigenvalue weighted by atomic mass is 10.0. The fraction of sp³-hybridized carbons (Fsp3) is 0.520. The van der Waals surface area contributed by atoms with Gasteiger partial charge in [0.15, 0.2) is 0 Å². The van der Waals surface area contributed by atoms with Gasteiger partial charge in [-0.2, -0.15) is 0 Å². The number of carbonyl (C=O) groups excluding carboxylic acids is 2. The number of nitrogens with zero attached hydrogens (tertiary/aromatic N) is 2. The summed E-state index contributed by atoms with van der Waals surface area (Å²) in [6.45, 7) is 11.1. The van der Waals surface area contributed by atoms with E-state index in [1.807, 2.05) is 51.0 Å². The second kappa shape index (κ2) is 10.5. The molecule has 0 aliphatic carbocycles. The Morgan fingerprint density at radius 3 is 2.58 bits per heavy atom. The van der Waals surface area contributed by atoms with Gasteiger partial charge in [0.25, 0.3) is 0 Å². The molecule has 2 aromatic rings. The first-order chi connectivity index (χ1) is 15.5. The molecule has 0 saturated heterocycles. The monoisotopic (exact) mass is 475 g/mol. The quantitative estimate of drug-likeness (QED) is 0.622. The Morgan fingerprint density at radius 1 is 1.24 bits per heavy atom. The highest BCUT2D eigenvalue weighted by Crippen LogP contribution is 2.34. The van der Waals surface area contributed by atoms with Crippen LogP contribution in [0.1, 0.15) is 51.1 Å². The van der Waals surface area contributed by atoms with Crippen LogP contribution in [0.3, 0.4) is 0 Å². The van der Waals surface area contributed by atoms with Crippen molar-refractivity contribution in [1.82, 2.24) is 15.1 Å². The molecule has 0 bridgehead atoms. The van der Waals surface area contributed by atoms with Crippen molar-refractivity contribution >= 4 is 23.3 Å². The number of hydrogen-bond donors (Lipinski definition) is 1. The van der Waals surface area contributed by atoms with Crippen LogP contribution in [0.25, 0.3) is 0 Å². The summed E-state index contributed by atoms with van der Waals surface area (Å²) in [5, 5.41) is 5.00. The highest BCUT2D eigenvalue weighted by Gasteiger charge is 2.34. The maximum absolute atomic E-state index is 13.5. The summed E-state index contributed by atoms with van der Waals surface area (Å²) >= 11 is 1.68. The SMILES string of the molecule is CC(C)CN(CC(=O)N1CCc2sccc2[C@H]1COc1ccc(F)cc1)C(=O)NC(C)(C)C. The van der Waals surface area contributed by atoms with Crippen molar-refractivity contribution in [1.29, 1.82) is 0 Å². The van der Waals surface area contributed by atoms with E-state index >= 15 is 0 Å². The van der Waals surface area contributed by atoms with E-state index in [9.17, 15) is 14.0 Å². The van der Waals surface area contributed by atoms with Crippen molar-refractivity contribution in [2.75, 3.05) is 26.2 Å². The maximum Gasteiger partial charge on any atom is 0.318 e. The first kappa shape index (κ1) is 25.0. The third kappa shape index (κ3) is 6.93. The first-order valence-corrected chi connectivity index (χ1v) is 12.2. The molecule has 8 heteroatoms. The number of nitrogens with one attached hydrogen (secondary N) is 1. The summed E-state index contributed by atoms with van der Waals surface area (Å²) in [7, 11) is 0. The van der Waals surface area contributed by atoms with Gasteiger partial charge in [-0.05, 0) is 74.4 Å². The number of fused-ring (bicyclic) bond motifs is 1. The Balaban J connectivity index is 1.76. The molecule has 0 unspecified atom stereocenters. The van der Waals surface area contributed by atoms with E-state index in [-0.39, 0.29) is 42.9 Å². The van der Waals surface area contributed by atoms with Crippen LogP contribution >= 0.6 is 11.3 Å². The molecular weight excluding hydrogens is 441 g/mol. The molecule has 0 radical (unpaired) electrons. The van der Waals surface area contributed by atoms with Gasteiger partial charge >= 0.3 is 6.03 Å². The number of thiophene rings is 1. The van der Waals surface area contributed by atoms with Gasteiger partial charge in [-0.25, -0.2) is 9.18 Å². The summed E-state index contributed by atoms with van der Waals surface area (Å²) < 4.78 is 19.2. The van der Waals surface area contributed by atoms with E-state index in [1.165, 1.54) is 17.0 Å². The molecule has 2 heterocycles. The number of hydrogen-bond acceptors (Lipinski definition) is 4. The fourth-order valence-corrected chi connectivity index (χ4v) is 4.82. The van der Waals surface area contributed by atoms with Crippen LogP contribution < -0.4 is 10.1 Å². The molecule has 6 nitrogen and oxygen atoms in total. The van der Waals surface area contributed by atoms with Gasteiger partial charge in [-0.3, -0.25) is 4.79 Å². The molecule has 180 valence electrons. The largest absolute Gasteiger partial charge is 0.491 e. The predicted octanol–water partition coefficient (Wildman–Crippen LogP) is 4.86. The highest BCUT2D eigenvalue weighted by molar-refractivity contribution is 7.10. The zero-order valence-corrected chi connectivity index (χ0v) is 20.9. The van der Waals surface area contributed by atoms with Crippen molar-refractivity contribution in [3.05, 3.63) is 52.0 Å². The molecule has 0 fully saturated rings. The van der Waals surface area contributed by atoms with Crippen molar-refractivity contribution in [2.24, 2.45) is 5.92 Å². The van der Waals surface area contributed by atoms with Gasteiger partial charge in [0.2, 0.25) is 5.91 Å². The molecule has 0 saturated carbocycles. The number of carbonyl (C=O) groups is 2. The number of ether oxygens (including phenoxy) is 1. The van der Waals surface area contributed by atoms with E-state index in [1.54, 1.807) is 28.4 Å². The van der Waals surface area contributed by atoms with Crippen LogP contribution in [0.5, 0.6) is 5.75 Å². The standard InChI is InChI=1S/C25H34FN3O3S/c1-17(2)14-28(24(31)27-25(3,4)5)15-23(30)29-12-10-22-20(11-13-33-22)21(29)16-32-19-8-6-18(26)7-9-19/h6-9,11,13,17,21H,10,12,14-16H2,1-5H3,(H,27,31)/t21-/m1/s1. The highest BCUT2D eigenvalue weighted by atomic mass is 32.1. The zero-order chi connectivity index (χ0) is 24.2. The van der Waals surface area contributed by atoms with E-state index in [2.05, 4.69) is 5.32 Å². The molecule has 1 N–H and O–H groups in total. The second-order valence-electron chi connectivity index (χ2n) is 9.87. The van der Waals surface area contributed by atoms with E-state index in [0.717, 1.165) is 12.0 Å². The third-order valence-electron chi connectivity index (χ3n) is 5.32. The molecule has 3 amide bonds. The molecule has 1 aromatic carbocycles. The molecule has 3 rings (SSSR count). The predicted molar refractivity (Wildman–Crippen MR) is 129 cm³/mol. The van der Waals surface area contributed by atoms with Gasteiger partial charge in [0.1, 0.15) is 24.7 Å². The molecular formula is C25H34FN3O3S. The van der Waals surface area contributed by atoms with Crippen molar-refractivity contribution < 1.29 is 18.7 Å².